The van der Waals surface area contributed by atoms with E-state index in [9.17, 15) is 13.2 Å². The monoisotopic (exact) mass is 229 g/mol. The van der Waals surface area contributed by atoms with Gasteiger partial charge in [0.05, 0.1) is 23.6 Å². The van der Waals surface area contributed by atoms with Crippen LogP contribution in [-0.4, -0.2) is 19.7 Å². The fraction of sp³-hybridized carbons (Fsp3) is 0.125. The number of anilines is 1. The Kier molecular flexibility index (Phi) is 2.26. The molecule has 0 unspecified atom stereocenters. The Labute approximate surface area is 87.7 Å². The van der Waals surface area contributed by atoms with Crippen LogP contribution < -0.4 is 5.73 Å². The zero-order chi connectivity index (χ0) is 11.8. The minimum atomic E-state index is -4.44. The molecule has 2 heterocycles. The Bertz CT molecular complexity index is 487. The molecule has 0 aromatic carbocycles. The van der Waals surface area contributed by atoms with Gasteiger partial charge in [0.1, 0.15) is 0 Å². The maximum atomic E-state index is 12.2. The van der Waals surface area contributed by atoms with Crippen molar-refractivity contribution in [1.29, 1.82) is 0 Å². The number of rotatable bonds is 1. The first-order valence-electron chi connectivity index (χ1n) is 4.16. The fourth-order valence-electron chi connectivity index (χ4n) is 1.03. The lowest BCUT2D eigenvalue weighted by Gasteiger charge is -2.05. The lowest BCUT2D eigenvalue weighted by molar-refractivity contribution is -0.138. The molecule has 2 rings (SSSR count). The molecule has 0 radical (unpaired) electrons. The van der Waals surface area contributed by atoms with E-state index in [1.54, 1.807) is 0 Å². The third-order valence-electron chi connectivity index (χ3n) is 1.77. The van der Waals surface area contributed by atoms with Gasteiger partial charge in [-0.1, -0.05) is 0 Å². The first kappa shape index (κ1) is 10.4. The normalized spacial score (nSPS) is 11.7. The molecular weight excluding hydrogens is 223 g/mol. The molecule has 0 amide bonds. The van der Waals surface area contributed by atoms with Crippen molar-refractivity contribution in [2.45, 2.75) is 6.18 Å². The first-order chi connectivity index (χ1) is 7.47. The van der Waals surface area contributed by atoms with Crippen LogP contribution in [0.3, 0.4) is 0 Å². The number of nitrogen functional groups attached to an aromatic ring is 1. The summed E-state index contributed by atoms with van der Waals surface area (Å²) >= 11 is 0. The van der Waals surface area contributed by atoms with Crippen molar-refractivity contribution in [1.82, 2.24) is 19.7 Å². The maximum Gasteiger partial charge on any atom is 0.419 e. The molecule has 8 heteroatoms. The molecule has 2 N–H and O–H groups in total. The van der Waals surface area contributed by atoms with Crippen LogP contribution in [0.4, 0.5) is 18.9 Å². The molecule has 0 spiro atoms. The second kappa shape index (κ2) is 3.47. The maximum absolute atomic E-state index is 12.2. The van der Waals surface area contributed by atoms with Gasteiger partial charge in [-0.3, -0.25) is 0 Å². The van der Waals surface area contributed by atoms with E-state index in [4.69, 9.17) is 5.73 Å². The van der Waals surface area contributed by atoms with Crippen molar-refractivity contribution in [3.8, 4) is 5.95 Å². The highest BCUT2D eigenvalue weighted by Gasteiger charge is 2.31. The van der Waals surface area contributed by atoms with Gasteiger partial charge < -0.3 is 5.73 Å². The summed E-state index contributed by atoms with van der Waals surface area (Å²) in [4.78, 5) is 7.09. The van der Waals surface area contributed by atoms with Gasteiger partial charge >= 0.3 is 6.18 Å². The van der Waals surface area contributed by atoms with Crippen molar-refractivity contribution in [3.63, 3.8) is 0 Å². The highest BCUT2D eigenvalue weighted by molar-refractivity contribution is 5.33. The molecule has 5 nitrogen and oxygen atoms in total. The third kappa shape index (κ3) is 1.95. The number of alkyl halides is 3. The van der Waals surface area contributed by atoms with Gasteiger partial charge in [0.25, 0.3) is 5.95 Å². The van der Waals surface area contributed by atoms with Crippen molar-refractivity contribution < 1.29 is 13.2 Å². The highest BCUT2D eigenvalue weighted by atomic mass is 19.4. The molecule has 0 atom stereocenters. The summed E-state index contributed by atoms with van der Waals surface area (Å²) in [6.07, 6.45) is -0.300. The molecule has 0 bridgehead atoms. The van der Waals surface area contributed by atoms with Gasteiger partial charge in [0.2, 0.25) is 0 Å². The number of aromatic nitrogens is 4. The number of hydrogen-bond acceptors (Lipinski definition) is 4. The van der Waals surface area contributed by atoms with E-state index < -0.39 is 11.7 Å². The second-order valence-electron chi connectivity index (χ2n) is 2.99. The molecule has 0 saturated heterocycles. The lowest BCUT2D eigenvalue weighted by Crippen LogP contribution is -2.09. The summed E-state index contributed by atoms with van der Waals surface area (Å²) in [5.74, 6) is 0.0321. The van der Waals surface area contributed by atoms with E-state index in [2.05, 4.69) is 15.1 Å². The van der Waals surface area contributed by atoms with Crippen LogP contribution >= 0.6 is 0 Å². The summed E-state index contributed by atoms with van der Waals surface area (Å²) in [6, 6.07) is 0. The van der Waals surface area contributed by atoms with E-state index in [1.165, 1.54) is 17.1 Å². The van der Waals surface area contributed by atoms with Crippen LogP contribution in [-0.2, 0) is 6.18 Å². The standard InChI is InChI=1S/C8H6F3N5/c9-8(10,11)5-1-13-7(14-2-5)16-4-6(12)3-15-16/h1-4H,12H2. The van der Waals surface area contributed by atoms with Crippen LogP contribution in [0.25, 0.3) is 5.95 Å². The van der Waals surface area contributed by atoms with Gasteiger partial charge in [-0.25, -0.2) is 14.6 Å². The lowest BCUT2D eigenvalue weighted by atomic mass is 10.3. The summed E-state index contributed by atoms with van der Waals surface area (Å²) < 4.78 is 37.8. The minimum absolute atomic E-state index is 0.0321. The zero-order valence-electron chi connectivity index (χ0n) is 7.81. The van der Waals surface area contributed by atoms with Crippen molar-refractivity contribution >= 4 is 5.69 Å². The summed E-state index contributed by atoms with van der Waals surface area (Å²) in [5, 5.41) is 3.76. The van der Waals surface area contributed by atoms with E-state index in [-0.39, 0.29) is 5.95 Å². The minimum Gasteiger partial charge on any atom is -0.396 e. The number of nitrogens with zero attached hydrogens (tertiary/aromatic N) is 4. The summed E-state index contributed by atoms with van der Waals surface area (Å²) in [7, 11) is 0. The van der Waals surface area contributed by atoms with E-state index in [0.717, 1.165) is 0 Å². The molecule has 2 aromatic rings. The Morgan fingerprint density at radius 1 is 1.12 bits per heavy atom. The molecule has 2 aromatic heterocycles. The SMILES string of the molecule is Nc1cnn(-c2ncc(C(F)(F)F)cn2)c1. The Balaban J connectivity index is 2.33. The largest absolute Gasteiger partial charge is 0.419 e. The van der Waals surface area contributed by atoms with E-state index >= 15 is 0 Å². The molecule has 0 fully saturated rings. The number of hydrogen-bond donors (Lipinski definition) is 1. The number of halogens is 3. The van der Waals surface area contributed by atoms with Gasteiger partial charge in [0, 0.05) is 12.4 Å². The third-order valence-corrected chi connectivity index (χ3v) is 1.77. The van der Waals surface area contributed by atoms with Crippen molar-refractivity contribution in [3.05, 3.63) is 30.4 Å². The summed E-state index contributed by atoms with van der Waals surface area (Å²) in [6.45, 7) is 0. The second-order valence-corrected chi connectivity index (χ2v) is 2.99. The predicted molar refractivity (Wildman–Crippen MR) is 48.6 cm³/mol. The molecule has 0 aliphatic rings. The van der Waals surface area contributed by atoms with Crippen LogP contribution in [0.1, 0.15) is 5.56 Å². The molecular formula is C8H6F3N5. The number of nitrogens with two attached hydrogens (primary N) is 1. The average Bonchev–Trinajstić information content (AvgIpc) is 2.64. The quantitative estimate of drug-likeness (QED) is 0.799. The summed E-state index contributed by atoms with van der Waals surface area (Å²) in [5.41, 5.74) is 4.87. The van der Waals surface area contributed by atoms with E-state index in [0.29, 0.717) is 18.1 Å². The van der Waals surface area contributed by atoms with Gasteiger partial charge in [-0.2, -0.15) is 18.3 Å². The van der Waals surface area contributed by atoms with Crippen molar-refractivity contribution in [2.75, 3.05) is 5.73 Å². The van der Waals surface area contributed by atoms with E-state index in [1.807, 2.05) is 0 Å². The fourth-order valence-corrected chi connectivity index (χ4v) is 1.03. The van der Waals surface area contributed by atoms with Gasteiger partial charge in [-0.05, 0) is 0 Å². The zero-order valence-corrected chi connectivity index (χ0v) is 7.81. The topological polar surface area (TPSA) is 69.6 Å². The molecule has 0 aliphatic heterocycles. The van der Waals surface area contributed by atoms with Crippen LogP contribution in [0.5, 0.6) is 0 Å². The van der Waals surface area contributed by atoms with Crippen molar-refractivity contribution in [2.24, 2.45) is 0 Å². The predicted octanol–water partition coefficient (Wildman–Crippen LogP) is 1.26. The Morgan fingerprint density at radius 3 is 2.19 bits per heavy atom. The molecule has 16 heavy (non-hydrogen) atoms. The van der Waals surface area contributed by atoms with Gasteiger partial charge in [-0.15, -0.1) is 0 Å². The Hall–Kier alpha value is -2.12. The Morgan fingerprint density at radius 2 is 1.75 bits per heavy atom. The molecule has 0 aliphatic carbocycles. The average molecular weight is 229 g/mol. The van der Waals surface area contributed by atoms with Crippen LogP contribution in [0, 0.1) is 0 Å². The van der Waals surface area contributed by atoms with Gasteiger partial charge in [0.15, 0.2) is 0 Å². The van der Waals surface area contributed by atoms with Crippen LogP contribution in [0.15, 0.2) is 24.8 Å². The smallest absolute Gasteiger partial charge is 0.396 e. The van der Waals surface area contributed by atoms with Crippen LogP contribution in [0.2, 0.25) is 0 Å². The first-order valence-corrected chi connectivity index (χ1v) is 4.16. The molecule has 84 valence electrons. The molecule has 0 saturated carbocycles. The highest BCUT2D eigenvalue weighted by Crippen LogP contribution is 2.27.